The molecule has 1 aromatic carbocycles. The molecule has 2 aromatic rings. The molecule has 0 amide bonds. The second-order valence-corrected chi connectivity index (χ2v) is 7.29. The first kappa shape index (κ1) is 15.7. The summed E-state index contributed by atoms with van der Waals surface area (Å²) in [6, 6.07) is 8.28. The molecule has 4 rings (SSSR count). The van der Waals surface area contributed by atoms with E-state index in [1.165, 1.54) is 5.69 Å². The van der Waals surface area contributed by atoms with Crippen LogP contribution in [0.5, 0.6) is 5.88 Å². The van der Waals surface area contributed by atoms with E-state index in [0.717, 1.165) is 42.8 Å². The van der Waals surface area contributed by atoms with Crippen LogP contribution in [-0.4, -0.2) is 42.2 Å². The zero-order valence-corrected chi connectivity index (χ0v) is 14.1. The molecule has 2 N–H and O–H groups in total. The van der Waals surface area contributed by atoms with Crippen LogP contribution in [0.3, 0.4) is 0 Å². The molecule has 128 valence electrons. The maximum absolute atomic E-state index is 11.2. The lowest BCUT2D eigenvalue weighted by Gasteiger charge is -2.38. The number of nitrogens with zero attached hydrogens (tertiary/aromatic N) is 1. The lowest BCUT2D eigenvalue weighted by atomic mass is 10.0. The van der Waals surface area contributed by atoms with Crippen molar-refractivity contribution in [2.75, 3.05) is 31.2 Å². The van der Waals surface area contributed by atoms with Gasteiger partial charge in [-0.15, -0.1) is 0 Å². The number of anilines is 1. The average Bonchev–Trinajstić information content (AvgIpc) is 3.16. The SMILES string of the molecule is O=c1[nH]c(O)c(Cc2ccc(N3CCC4(CC3)OCCO4)cc2)s1. The number of nitrogens with one attached hydrogen (secondary N) is 1. The summed E-state index contributed by atoms with van der Waals surface area (Å²) < 4.78 is 11.5. The molecule has 0 unspecified atom stereocenters. The van der Waals surface area contributed by atoms with Crippen molar-refractivity contribution in [3.05, 3.63) is 44.4 Å². The Balaban J connectivity index is 1.41. The fraction of sp³-hybridized carbons (Fsp3) is 0.471. The van der Waals surface area contributed by atoms with Gasteiger partial charge in [0, 0.05) is 38.0 Å². The third-order valence-electron chi connectivity index (χ3n) is 4.71. The topological polar surface area (TPSA) is 74.8 Å². The number of aromatic hydroxyl groups is 1. The van der Waals surface area contributed by atoms with Gasteiger partial charge in [0.15, 0.2) is 5.79 Å². The third-order valence-corrected chi connectivity index (χ3v) is 5.58. The van der Waals surface area contributed by atoms with Crippen molar-refractivity contribution in [3.63, 3.8) is 0 Å². The van der Waals surface area contributed by atoms with E-state index >= 15 is 0 Å². The normalized spacial score (nSPS) is 19.9. The molecule has 2 fully saturated rings. The van der Waals surface area contributed by atoms with Gasteiger partial charge in [-0.2, -0.15) is 0 Å². The smallest absolute Gasteiger partial charge is 0.307 e. The Morgan fingerprint density at radius 3 is 2.42 bits per heavy atom. The minimum atomic E-state index is -0.348. The molecule has 7 heteroatoms. The number of benzene rings is 1. The Morgan fingerprint density at radius 2 is 1.83 bits per heavy atom. The van der Waals surface area contributed by atoms with Crippen LogP contribution >= 0.6 is 11.3 Å². The predicted octanol–water partition coefficient (Wildman–Crippen LogP) is 2.08. The highest BCUT2D eigenvalue weighted by Gasteiger charge is 2.39. The largest absolute Gasteiger partial charge is 0.494 e. The Kier molecular flexibility index (Phi) is 4.07. The maximum atomic E-state index is 11.2. The van der Waals surface area contributed by atoms with Crippen molar-refractivity contribution in [1.29, 1.82) is 0 Å². The number of ether oxygens (including phenoxy) is 2. The average molecular weight is 348 g/mol. The molecule has 0 atom stereocenters. The third kappa shape index (κ3) is 3.07. The van der Waals surface area contributed by atoms with Crippen LogP contribution in [0.15, 0.2) is 29.1 Å². The lowest BCUT2D eigenvalue weighted by molar-refractivity contribution is -0.169. The van der Waals surface area contributed by atoms with Crippen LogP contribution in [0.2, 0.25) is 0 Å². The van der Waals surface area contributed by atoms with Gasteiger partial charge in [-0.3, -0.25) is 9.78 Å². The van der Waals surface area contributed by atoms with E-state index in [9.17, 15) is 9.90 Å². The Hall–Kier alpha value is -1.83. The zero-order chi connectivity index (χ0) is 16.6. The number of hydrogen-bond donors (Lipinski definition) is 2. The van der Waals surface area contributed by atoms with Crippen molar-refractivity contribution >= 4 is 17.0 Å². The van der Waals surface area contributed by atoms with E-state index in [0.29, 0.717) is 24.5 Å². The summed E-state index contributed by atoms with van der Waals surface area (Å²) in [6.45, 7) is 3.23. The first-order valence-corrected chi connectivity index (χ1v) is 8.98. The van der Waals surface area contributed by atoms with Gasteiger partial charge >= 0.3 is 4.87 Å². The van der Waals surface area contributed by atoms with E-state index in [2.05, 4.69) is 22.0 Å². The zero-order valence-electron chi connectivity index (χ0n) is 13.3. The second-order valence-electron chi connectivity index (χ2n) is 6.22. The van der Waals surface area contributed by atoms with E-state index < -0.39 is 0 Å². The van der Waals surface area contributed by atoms with Crippen molar-refractivity contribution < 1.29 is 14.6 Å². The summed E-state index contributed by atoms with van der Waals surface area (Å²) in [7, 11) is 0. The Bertz CT molecular complexity index is 752. The van der Waals surface area contributed by atoms with Crippen LogP contribution in [0.4, 0.5) is 5.69 Å². The highest BCUT2D eigenvalue weighted by molar-refractivity contribution is 7.09. The molecule has 1 aromatic heterocycles. The molecular weight excluding hydrogens is 328 g/mol. The van der Waals surface area contributed by atoms with Gasteiger partial charge in [-0.1, -0.05) is 23.5 Å². The molecule has 0 saturated carbocycles. The number of aromatic amines is 1. The van der Waals surface area contributed by atoms with Gasteiger partial charge in [-0.25, -0.2) is 0 Å². The number of aromatic nitrogens is 1. The minimum absolute atomic E-state index is 0.0213. The highest BCUT2D eigenvalue weighted by atomic mass is 32.1. The second kappa shape index (κ2) is 6.23. The van der Waals surface area contributed by atoms with Crippen molar-refractivity contribution in [2.45, 2.75) is 25.0 Å². The Labute approximate surface area is 143 Å². The summed E-state index contributed by atoms with van der Waals surface area (Å²) in [6.07, 6.45) is 2.33. The van der Waals surface area contributed by atoms with Crippen molar-refractivity contribution in [1.82, 2.24) is 4.98 Å². The summed E-state index contributed by atoms with van der Waals surface area (Å²) >= 11 is 1.05. The monoisotopic (exact) mass is 348 g/mol. The molecule has 0 bridgehead atoms. The molecule has 3 heterocycles. The van der Waals surface area contributed by atoms with E-state index in [1.54, 1.807) is 0 Å². The number of H-pyrrole nitrogens is 1. The molecule has 2 aliphatic rings. The fourth-order valence-electron chi connectivity index (χ4n) is 3.37. The molecule has 1 spiro atoms. The molecular formula is C17H20N2O4S. The van der Waals surface area contributed by atoms with Crippen LogP contribution in [0.1, 0.15) is 23.3 Å². The molecule has 6 nitrogen and oxygen atoms in total. The summed E-state index contributed by atoms with van der Waals surface area (Å²) in [5.74, 6) is -0.369. The summed E-state index contributed by atoms with van der Waals surface area (Å²) in [5.41, 5.74) is 2.25. The number of hydrogen-bond acceptors (Lipinski definition) is 6. The minimum Gasteiger partial charge on any atom is -0.494 e. The van der Waals surface area contributed by atoms with Gasteiger partial charge in [-0.05, 0) is 17.7 Å². The maximum Gasteiger partial charge on any atom is 0.307 e. The predicted molar refractivity (Wildman–Crippen MR) is 91.9 cm³/mol. The van der Waals surface area contributed by atoms with Gasteiger partial charge in [0.25, 0.3) is 0 Å². The molecule has 0 aliphatic carbocycles. The van der Waals surface area contributed by atoms with Gasteiger partial charge in [0.2, 0.25) is 5.88 Å². The Morgan fingerprint density at radius 1 is 1.17 bits per heavy atom. The first-order chi connectivity index (χ1) is 11.6. The number of rotatable bonds is 3. The number of piperidine rings is 1. The quantitative estimate of drug-likeness (QED) is 0.888. The molecule has 2 saturated heterocycles. The van der Waals surface area contributed by atoms with Gasteiger partial charge in [0.1, 0.15) is 0 Å². The highest BCUT2D eigenvalue weighted by Crippen LogP contribution is 2.33. The van der Waals surface area contributed by atoms with E-state index in [1.807, 2.05) is 12.1 Å². The standard InChI is InChI=1S/C17H20N2O4S/c20-15-14(24-16(21)18-15)11-12-1-3-13(4-2-12)19-7-5-17(6-8-19)22-9-10-23-17/h1-4,20H,5-11H2,(H,18,21). The molecule has 0 radical (unpaired) electrons. The number of thiazole rings is 1. The van der Waals surface area contributed by atoms with Crippen LogP contribution < -0.4 is 9.77 Å². The molecule has 24 heavy (non-hydrogen) atoms. The summed E-state index contributed by atoms with van der Waals surface area (Å²) in [5, 5.41) is 9.67. The van der Waals surface area contributed by atoms with E-state index in [-0.39, 0.29) is 16.5 Å². The first-order valence-electron chi connectivity index (χ1n) is 8.16. The van der Waals surface area contributed by atoms with Crippen LogP contribution in [0.25, 0.3) is 0 Å². The fourth-order valence-corrected chi connectivity index (χ4v) is 4.13. The van der Waals surface area contributed by atoms with Crippen LogP contribution in [-0.2, 0) is 15.9 Å². The lowest BCUT2D eigenvalue weighted by Crippen LogP contribution is -2.45. The summed E-state index contributed by atoms with van der Waals surface area (Å²) in [4.78, 5) is 16.4. The van der Waals surface area contributed by atoms with Gasteiger partial charge in [0.05, 0.1) is 18.1 Å². The molecule has 2 aliphatic heterocycles. The van der Waals surface area contributed by atoms with Gasteiger partial charge < -0.3 is 19.5 Å². The van der Waals surface area contributed by atoms with E-state index in [4.69, 9.17) is 9.47 Å². The van der Waals surface area contributed by atoms with Crippen molar-refractivity contribution in [2.24, 2.45) is 0 Å². The van der Waals surface area contributed by atoms with Crippen molar-refractivity contribution in [3.8, 4) is 5.88 Å². The van der Waals surface area contributed by atoms with Crippen LogP contribution in [0, 0.1) is 0 Å².